The first-order valence-electron chi connectivity index (χ1n) is 5.73. The highest BCUT2D eigenvalue weighted by Crippen LogP contribution is 2.11. The molecule has 1 aromatic rings. The number of carbonyl (C=O) groups excluding carboxylic acids is 1. The Morgan fingerprint density at radius 1 is 1.39 bits per heavy atom. The lowest BCUT2D eigenvalue weighted by molar-refractivity contribution is -0.130. The Morgan fingerprint density at radius 2 is 2.11 bits per heavy atom. The average Bonchev–Trinajstić information content (AvgIpc) is 2.76. The van der Waals surface area contributed by atoms with E-state index in [1.807, 2.05) is 30.4 Å². The van der Waals surface area contributed by atoms with Gasteiger partial charge in [0.25, 0.3) is 0 Å². The SMILES string of the molecule is CNCC(=O)N(CCN(C)C)Cc1cccs1.Cl. The zero-order valence-electron chi connectivity index (χ0n) is 11.2. The summed E-state index contributed by atoms with van der Waals surface area (Å²) in [7, 11) is 5.84. The van der Waals surface area contributed by atoms with Gasteiger partial charge in [0.1, 0.15) is 0 Å². The van der Waals surface area contributed by atoms with Gasteiger partial charge in [0.05, 0.1) is 13.1 Å². The summed E-state index contributed by atoms with van der Waals surface area (Å²) in [4.78, 5) is 17.2. The van der Waals surface area contributed by atoms with Crippen LogP contribution in [0.5, 0.6) is 0 Å². The number of nitrogens with zero attached hydrogens (tertiary/aromatic N) is 2. The number of hydrogen-bond acceptors (Lipinski definition) is 4. The number of hydrogen-bond donors (Lipinski definition) is 1. The zero-order valence-corrected chi connectivity index (χ0v) is 12.8. The van der Waals surface area contributed by atoms with E-state index in [-0.39, 0.29) is 18.3 Å². The molecule has 0 unspecified atom stereocenters. The van der Waals surface area contributed by atoms with E-state index in [0.717, 1.165) is 13.1 Å². The van der Waals surface area contributed by atoms with E-state index in [2.05, 4.69) is 16.3 Å². The third kappa shape index (κ3) is 6.35. The van der Waals surface area contributed by atoms with Gasteiger partial charge in [0, 0.05) is 18.0 Å². The van der Waals surface area contributed by atoms with E-state index < -0.39 is 0 Å². The first kappa shape index (κ1) is 17.4. The number of nitrogens with one attached hydrogen (secondary N) is 1. The quantitative estimate of drug-likeness (QED) is 0.822. The number of halogens is 1. The molecule has 0 aromatic carbocycles. The largest absolute Gasteiger partial charge is 0.335 e. The maximum absolute atomic E-state index is 11.9. The molecule has 0 aliphatic rings. The Hall–Kier alpha value is -0.620. The number of carbonyl (C=O) groups is 1. The summed E-state index contributed by atoms with van der Waals surface area (Å²) in [6.07, 6.45) is 0. The highest BCUT2D eigenvalue weighted by Gasteiger charge is 2.13. The van der Waals surface area contributed by atoms with Crippen molar-refractivity contribution < 1.29 is 4.79 Å². The molecule has 0 saturated heterocycles. The Balaban J connectivity index is 0.00000289. The molecule has 1 rings (SSSR count). The van der Waals surface area contributed by atoms with Crippen molar-refractivity contribution in [1.29, 1.82) is 0 Å². The highest BCUT2D eigenvalue weighted by molar-refractivity contribution is 7.09. The molecule has 0 bridgehead atoms. The fourth-order valence-electron chi connectivity index (χ4n) is 1.47. The van der Waals surface area contributed by atoms with Crippen LogP contribution in [0.15, 0.2) is 17.5 Å². The van der Waals surface area contributed by atoms with Crippen LogP contribution in [0.2, 0.25) is 0 Å². The molecule has 1 amide bonds. The lowest BCUT2D eigenvalue weighted by Gasteiger charge is -2.23. The second kappa shape index (κ2) is 9.33. The fraction of sp³-hybridized carbons (Fsp3) is 0.583. The second-order valence-electron chi connectivity index (χ2n) is 4.23. The zero-order chi connectivity index (χ0) is 12.7. The molecule has 1 aromatic heterocycles. The second-order valence-corrected chi connectivity index (χ2v) is 5.26. The van der Waals surface area contributed by atoms with Gasteiger partial charge in [-0.3, -0.25) is 4.79 Å². The number of thiophene rings is 1. The molecule has 0 aliphatic carbocycles. The van der Waals surface area contributed by atoms with Crippen LogP contribution in [0.4, 0.5) is 0 Å². The number of amides is 1. The van der Waals surface area contributed by atoms with Crippen LogP contribution in [0.1, 0.15) is 4.88 Å². The van der Waals surface area contributed by atoms with Crippen LogP contribution >= 0.6 is 23.7 Å². The Kier molecular flexibility index (Phi) is 9.01. The monoisotopic (exact) mass is 291 g/mol. The van der Waals surface area contributed by atoms with E-state index in [1.165, 1.54) is 4.88 Å². The van der Waals surface area contributed by atoms with E-state index in [1.54, 1.807) is 18.4 Å². The first-order valence-corrected chi connectivity index (χ1v) is 6.61. The van der Waals surface area contributed by atoms with Crippen LogP contribution in [-0.2, 0) is 11.3 Å². The van der Waals surface area contributed by atoms with Gasteiger partial charge in [-0.1, -0.05) is 6.07 Å². The number of likely N-dealkylation sites (N-methyl/N-ethyl adjacent to an activating group) is 2. The van der Waals surface area contributed by atoms with Gasteiger partial charge >= 0.3 is 0 Å². The van der Waals surface area contributed by atoms with Crippen molar-refractivity contribution in [3.8, 4) is 0 Å². The summed E-state index contributed by atoms with van der Waals surface area (Å²) in [5.74, 6) is 0.155. The van der Waals surface area contributed by atoms with E-state index in [0.29, 0.717) is 13.1 Å². The normalized spacial score (nSPS) is 10.2. The van der Waals surface area contributed by atoms with Crippen molar-refractivity contribution >= 4 is 29.7 Å². The molecule has 0 saturated carbocycles. The molecule has 4 nitrogen and oxygen atoms in total. The summed E-state index contributed by atoms with van der Waals surface area (Å²) in [6.45, 7) is 2.77. The minimum Gasteiger partial charge on any atom is -0.335 e. The molecular weight excluding hydrogens is 270 g/mol. The minimum atomic E-state index is 0. The van der Waals surface area contributed by atoms with Crippen LogP contribution in [0, 0.1) is 0 Å². The summed E-state index contributed by atoms with van der Waals surface area (Å²) in [6, 6.07) is 4.09. The smallest absolute Gasteiger partial charge is 0.236 e. The standard InChI is InChI=1S/C12H21N3OS.ClH/c1-13-9-12(16)15(7-6-14(2)3)10-11-5-4-8-17-11;/h4-5,8,13H,6-7,9-10H2,1-3H3;1H. The predicted octanol–water partition coefficient (Wildman–Crippen LogP) is 1.28. The summed E-state index contributed by atoms with van der Waals surface area (Å²) in [5, 5.41) is 4.96. The van der Waals surface area contributed by atoms with Crippen molar-refractivity contribution in [3.05, 3.63) is 22.4 Å². The van der Waals surface area contributed by atoms with Gasteiger partial charge in [-0.25, -0.2) is 0 Å². The van der Waals surface area contributed by atoms with Gasteiger partial charge in [0.2, 0.25) is 5.91 Å². The fourth-order valence-corrected chi connectivity index (χ4v) is 2.19. The van der Waals surface area contributed by atoms with Gasteiger partial charge in [-0.2, -0.15) is 0 Å². The molecule has 1 N–H and O–H groups in total. The molecule has 0 radical (unpaired) electrons. The van der Waals surface area contributed by atoms with Crippen molar-refractivity contribution in [1.82, 2.24) is 15.1 Å². The molecule has 18 heavy (non-hydrogen) atoms. The van der Waals surface area contributed by atoms with Crippen molar-refractivity contribution in [3.63, 3.8) is 0 Å². The Bertz CT molecular complexity index is 330. The summed E-state index contributed by atoms with van der Waals surface area (Å²) >= 11 is 1.69. The van der Waals surface area contributed by atoms with Crippen LogP contribution in [0.25, 0.3) is 0 Å². The van der Waals surface area contributed by atoms with Crippen LogP contribution < -0.4 is 5.32 Å². The van der Waals surface area contributed by atoms with Gasteiger partial charge < -0.3 is 15.1 Å². The maximum Gasteiger partial charge on any atom is 0.236 e. The van der Waals surface area contributed by atoms with Crippen molar-refractivity contribution in [2.45, 2.75) is 6.54 Å². The molecular formula is C12H22ClN3OS. The minimum absolute atomic E-state index is 0. The average molecular weight is 292 g/mol. The molecule has 0 atom stereocenters. The molecule has 6 heteroatoms. The third-order valence-electron chi connectivity index (χ3n) is 2.42. The van der Waals surface area contributed by atoms with Gasteiger partial charge in [-0.05, 0) is 32.6 Å². The van der Waals surface area contributed by atoms with Crippen molar-refractivity contribution in [2.75, 3.05) is 40.8 Å². The lowest BCUT2D eigenvalue weighted by Crippen LogP contribution is -2.40. The molecule has 0 fully saturated rings. The molecule has 1 heterocycles. The Morgan fingerprint density at radius 3 is 2.61 bits per heavy atom. The van der Waals surface area contributed by atoms with Gasteiger partial charge in [0.15, 0.2) is 0 Å². The Labute approximate surface area is 119 Å². The highest BCUT2D eigenvalue weighted by atomic mass is 35.5. The summed E-state index contributed by atoms with van der Waals surface area (Å²) < 4.78 is 0. The predicted molar refractivity (Wildman–Crippen MR) is 79.5 cm³/mol. The topological polar surface area (TPSA) is 35.6 Å². The van der Waals surface area contributed by atoms with E-state index in [4.69, 9.17) is 0 Å². The molecule has 0 spiro atoms. The maximum atomic E-state index is 11.9. The molecule has 0 aliphatic heterocycles. The van der Waals surface area contributed by atoms with E-state index in [9.17, 15) is 4.79 Å². The first-order chi connectivity index (χ1) is 8.13. The summed E-state index contributed by atoms with van der Waals surface area (Å²) in [5.41, 5.74) is 0. The number of rotatable bonds is 7. The van der Waals surface area contributed by atoms with E-state index >= 15 is 0 Å². The molecule has 104 valence electrons. The van der Waals surface area contributed by atoms with Crippen molar-refractivity contribution in [2.24, 2.45) is 0 Å². The van der Waals surface area contributed by atoms with Crippen LogP contribution in [0.3, 0.4) is 0 Å². The van der Waals surface area contributed by atoms with Crippen LogP contribution in [-0.4, -0.2) is 56.5 Å². The third-order valence-corrected chi connectivity index (χ3v) is 3.29. The van der Waals surface area contributed by atoms with Gasteiger partial charge in [-0.15, -0.1) is 23.7 Å². The lowest BCUT2D eigenvalue weighted by atomic mass is 10.3.